The molecule has 1 aromatic carbocycles. The predicted octanol–water partition coefficient (Wildman–Crippen LogP) is 1.10. The van der Waals surface area contributed by atoms with Crippen molar-refractivity contribution in [2.24, 2.45) is 0 Å². The van der Waals surface area contributed by atoms with Crippen LogP contribution in [0.3, 0.4) is 0 Å². The van der Waals surface area contributed by atoms with Gasteiger partial charge in [-0.3, -0.25) is 0 Å². The third-order valence-corrected chi connectivity index (χ3v) is 2.62. The van der Waals surface area contributed by atoms with Crippen molar-refractivity contribution in [1.29, 1.82) is 0 Å². The number of rotatable bonds is 4. The highest BCUT2D eigenvalue weighted by atomic mass is 16.5. The van der Waals surface area contributed by atoms with Crippen LogP contribution in [0.15, 0.2) is 24.3 Å². The van der Waals surface area contributed by atoms with E-state index in [1.807, 2.05) is 24.3 Å². The van der Waals surface area contributed by atoms with E-state index < -0.39 is 0 Å². The van der Waals surface area contributed by atoms with Crippen LogP contribution in [0, 0.1) is 0 Å². The maximum atomic E-state index is 5.39. The van der Waals surface area contributed by atoms with Gasteiger partial charge in [0.05, 0.1) is 20.3 Å². The molecule has 1 aromatic rings. The molecule has 16 heavy (non-hydrogen) atoms. The lowest BCUT2D eigenvalue weighted by atomic mass is 10.2. The monoisotopic (exact) mass is 222 g/mol. The van der Waals surface area contributed by atoms with E-state index in [0.717, 1.165) is 37.7 Å². The summed E-state index contributed by atoms with van der Waals surface area (Å²) in [5, 5.41) is 6.77. The first-order valence-electron chi connectivity index (χ1n) is 5.57. The van der Waals surface area contributed by atoms with Crippen LogP contribution in [0.4, 0.5) is 5.69 Å². The summed E-state index contributed by atoms with van der Waals surface area (Å²) in [6, 6.07) is 8.33. The molecule has 1 heterocycles. The van der Waals surface area contributed by atoms with Crippen molar-refractivity contribution in [3.63, 3.8) is 0 Å². The van der Waals surface area contributed by atoms with Crippen molar-refractivity contribution in [3.8, 4) is 5.75 Å². The van der Waals surface area contributed by atoms with Crippen molar-refractivity contribution >= 4 is 5.69 Å². The van der Waals surface area contributed by atoms with Crippen molar-refractivity contribution in [2.75, 3.05) is 38.7 Å². The summed E-state index contributed by atoms with van der Waals surface area (Å²) in [5.74, 6) is 0.873. The first-order chi connectivity index (χ1) is 7.88. The first kappa shape index (κ1) is 11.2. The van der Waals surface area contributed by atoms with Gasteiger partial charge in [0.15, 0.2) is 0 Å². The van der Waals surface area contributed by atoms with Crippen LogP contribution in [-0.4, -0.2) is 39.5 Å². The van der Waals surface area contributed by atoms with Crippen LogP contribution >= 0.6 is 0 Å². The zero-order chi connectivity index (χ0) is 11.2. The van der Waals surface area contributed by atoms with E-state index in [2.05, 4.69) is 10.6 Å². The van der Waals surface area contributed by atoms with Crippen LogP contribution < -0.4 is 15.4 Å². The fourth-order valence-corrected chi connectivity index (χ4v) is 1.72. The fourth-order valence-electron chi connectivity index (χ4n) is 1.72. The quantitative estimate of drug-likeness (QED) is 0.800. The Hall–Kier alpha value is -1.26. The number of ether oxygens (including phenoxy) is 2. The lowest BCUT2D eigenvalue weighted by molar-refractivity contribution is 0.0806. The molecular formula is C12H18N2O2. The molecular weight excluding hydrogens is 204 g/mol. The van der Waals surface area contributed by atoms with E-state index in [-0.39, 0.29) is 0 Å². The largest absolute Gasteiger partial charge is 0.497 e. The number of anilines is 1. The Kier molecular flexibility index (Phi) is 4.02. The van der Waals surface area contributed by atoms with Gasteiger partial charge in [0.25, 0.3) is 0 Å². The second-order valence-corrected chi connectivity index (χ2v) is 3.84. The summed E-state index contributed by atoms with van der Waals surface area (Å²) < 4.78 is 10.6. The van der Waals surface area contributed by atoms with Gasteiger partial charge in [0.2, 0.25) is 0 Å². The number of methoxy groups -OCH3 is 1. The summed E-state index contributed by atoms with van der Waals surface area (Å²) >= 11 is 0. The van der Waals surface area contributed by atoms with Crippen LogP contribution in [0.25, 0.3) is 0 Å². The van der Waals surface area contributed by atoms with E-state index >= 15 is 0 Å². The summed E-state index contributed by atoms with van der Waals surface area (Å²) in [6.45, 7) is 3.39. The molecule has 2 N–H and O–H groups in total. The highest BCUT2D eigenvalue weighted by Gasteiger charge is 2.12. The molecule has 4 nitrogen and oxygen atoms in total. The average Bonchev–Trinajstić information content (AvgIpc) is 2.38. The topological polar surface area (TPSA) is 42.5 Å². The molecule has 88 valence electrons. The van der Waals surface area contributed by atoms with Crippen molar-refractivity contribution in [2.45, 2.75) is 6.04 Å². The third kappa shape index (κ3) is 3.12. The normalized spacial score (nSPS) is 20.4. The molecule has 0 saturated carbocycles. The van der Waals surface area contributed by atoms with E-state index in [1.54, 1.807) is 7.11 Å². The van der Waals surface area contributed by atoms with E-state index in [4.69, 9.17) is 9.47 Å². The summed E-state index contributed by atoms with van der Waals surface area (Å²) in [5.41, 5.74) is 1.08. The minimum absolute atomic E-state index is 0.389. The van der Waals surface area contributed by atoms with Gasteiger partial charge >= 0.3 is 0 Å². The van der Waals surface area contributed by atoms with Gasteiger partial charge in [-0.15, -0.1) is 0 Å². The Morgan fingerprint density at radius 1 is 1.56 bits per heavy atom. The number of benzene rings is 1. The highest BCUT2D eigenvalue weighted by Crippen LogP contribution is 2.16. The zero-order valence-corrected chi connectivity index (χ0v) is 9.53. The molecule has 0 radical (unpaired) electrons. The summed E-state index contributed by atoms with van der Waals surface area (Å²) in [7, 11) is 1.68. The molecule has 0 bridgehead atoms. The van der Waals surface area contributed by atoms with Gasteiger partial charge in [-0.25, -0.2) is 0 Å². The maximum absolute atomic E-state index is 5.39. The third-order valence-electron chi connectivity index (χ3n) is 2.62. The van der Waals surface area contributed by atoms with Crippen molar-refractivity contribution in [1.82, 2.24) is 5.32 Å². The van der Waals surface area contributed by atoms with Crippen LogP contribution in [-0.2, 0) is 4.74 Å². The molecule has 0 spiro atoms. The Morgan fingerprint density at radius 3 is 3.25 bits per heavy atom. The number of morpholine rings is 1. The molecule has 1 aliphatic heterocycles. The molecule has 1 unspecified atom stereocenters. The Bertz CT molecular complexity index is 325. The second kappa shape index (κ2) is 5.72. The molecule has 0 aromatic heterocycles. The van der Waals surface area contributed by atoms with Crippen LogP contribution in [0.2, 0.25) is 0 Å². The molecule has 2 rings (SSSR count). The van der Waals surface area contributed by atoms with Crippen LogP contribution in [0.5, 0.6) is 5.75 Å². The summed E-state index contributed by atoms with van der Waals surface area (Å²) in [4.78, 5) is 0. The van der Waals surface area contributed by atoms with Gasteiger partial charge < -0.3 is 20.1 Å². The SMILES string of the molecule is COc1cccc(NCC2COCCN2)c1. The Labute approximate surface area is 95.9 Å². The van der Waals surface area contributed by atoms with Crippen molar-refractivity contribution in [3.05, 3.63) is 24.3 Å². The smallest absolute Gasteiger partial charge is 0.120 e. The Morgan fingerprint density at radius 2 is 2.50 bits per heavy atom. The minimum Gasteiger partial charge on any atom is -0.497 e. The van der Waals surface area contributed by atoms with E-state index in [9.17, 15) is 0 Å². The maximum Gasteiger partial charge on any atom is 0.120 e. The molecule has 1 saturated heterocycles. The predicted molar refractivity (Wildman–Crippen MR) is 64.1 cm³/mol. The number of hydrogen-bond donors (Lipinski definition) is 2. The minimum atomic E-state index is 0.389. The van der Waals surface area contributed by atoms with Gasteiger partial charge in [0.1, 0.15) is 5.75 Å². The Balaban J connectivity index is 1.83. The number of hydrogen-bond acceptors (Lipinski definition) is 4. The number of nitrogens with one attached hydrogen (secondary N) is 2. The fraction of sp³-hybridized carbons (Fsp3) is 0.500. The van der Waals surface area contributed by atoms with Crippen molar-refractivity contribution < 1.29 is 9.47 Å². The lowest BCUT2D eigenvalue weighted by Crippen LogP contribution is -2.45. The molecule has 4 heteroatoms. The molecule has 1 atom stereocenters. The van der Waals surface area contributed by atoms with E-state index in [0.29, 0.717) is 6.04 Å². The average molecular weight is 222 g/mol. The molecule has 0 aliphatic carbocycles. The zero-order valence-electron chi connectivity index (χ0n) is 9.53. The highest BCUT2D eigenvalue weighted by molar-refractivity contribution is 5.48. The second-order valence-electron chi connectivity index (χ2n) is 3.84. The molecule has 1 aliphatic rings. The lowest BCUT2D eigenvalue weighted by Gasteiger charge is -2.24. The van der Waals surface area contributed by atoms with Gasteiger partial charge in [-0.05, 0) is 12.1 Å². The molecule has 1 fully saturated rings. The van der Waals surface area contributed by atoms with Gasteiger partial charge in [-0.1, -0.05) is 6.07 Å². The molecule has 0 amide bonds. The van der Waals surface area contributed by atoms with Crippen LogP contribution in [0.1, 0.15) is 0 Å². The summed E-state index contributed by atoms with van der Waals surface area (Å²) in [6.07, 6.45) is 0. The van der Waals surface area contributed by atoms with Gasteiger partial charge in [0, 0.05) is 30.9 Å². The van der Waals surface area contributed by atoms with E-state index in [1.165, 1.54) is 0 Å². The van der Waals surface area contributed by atoms with Gasteiger partial charge in [-0.2, -0.15) is 0 Å². The standard InChI is InChI=1S/C12H18N2O2/c1-15-12-4-2-3-10(7-12)14-8-11-9-16-6-5-13-11/h2-4,7,11,13-14H,5-6,8-9H2,1H3. The first-order valence-corrected chi connectivity index (χ1v) is 5.57.